The summed E-state index contributed by atoms with van der Waals surface area (Å²) in [6.45, 7) is 6.92. The lowest BCUT2D eigenvalue weighted by molar-refractivity contribution is 0.0957. The summed E-state index contributed by atoms with van der Waals surface area (Å²) < 4.78 is 30.4. The van der Waals surface area contributed by atoms with E-state index in [0.29, 0.717) is 42.6 Å². The first kappa shape index (κ1) is 21.1. The van der Waals surface area contributed by atoms with Crippen LogP contribution in [0, 0.1) is 17.7 Å². The number of amides is 1. The number of carbonyl (C=O) groups excluding carboxylic acids is 1. The van der Waals surface area contributed by atoms with Crippen LogP contribution in [0.2, 0.25) is 0 Å². The molecule has 0 aromatic heterocycles. The van der Waals surface area contributed by atoms with Crippen LogP contribution >= 0.6 is 0 Å². The summed E-state index contributed by atoms with van der Waals surface area (Å²) in [4.78, 5) is 12.5. The van der Waals surface area contributed by atoms with Crippen LogP contribution in [-0.4, -0.2) is 32.3 Å². The van der Waals surface area contributed by atoms with Gasteiger partial charge in [-0.1, -0.05) is 24.0 Å². The van der Waals surface area contributed by atoms with Crippen LogP contribution < -0.4 is 19.5 Å². The maximum atomic E-state index is 13.5. The van der Waals surface area contributed by atoms with E-state index in [9.17, 15) is 9.18 Å². The third kappa shape index (κ3) is 5.65. The van der Waals surface area contributed by atoms with Crippen molar-refractivity contribution in [3.63, 3.8) is 0 Å². The molecule has 0 aliphatic carbocycles. The summed E-state index contributed by atoms with van der Waals surface area (Å²) in [5, 5.41) is 2.69. The normalized spacial score (nSPS) is 9.86. The Kier molecular flexibility index (Phi) is 8.16. The Morgan fingerprint density at radius 3 is 2.18 bits per heavy atom. The van der Waals surface area contributed by atoms with Gasteiger partial charge in [0.05, 0.1) is 31.9 Å². The van der Waals surface area contributed by atoms with Crippen molar-refractivity contribution in [1.82, 2.24) is 5.32 Å². The fourth-order valence-electron chi connectivity index (χ4n) is 2.45. The van der Waals surface area contributed by atoms with Gasteiger partial charge in [0, 0.05) is 5.56 Å². The Hall–Kier alpha value is -3.20. The molecule has 2 rings (SSSR count). The molecule has 0 bridgehead atoms. The molecule has 2 aromatic rings. The van der Waals surface area contributed by atoms with Crippen LogP contribution in [0.3, 0.4) is 0 Å². The molecule has 2 aromatic carbocycles. The average molecular weight is 385 g/mol. The second kappa shape index (κ2) is 10.8. The largest absolute Gasteiger partial charge is 0.490 e. The summed E-state index contributed by atoms with van der Waals surface area (Å²) in [7, 11) is 0. The van der Waals surface area contributed by atoms with Gasteiger partial charge in [0.1, 0.15) is 5.82 Å². The molecule has 1 N–H and O–H groups in total. The van der Waals surface area contributed by atoms with Crippen LogP contribution in [0.4, 0.5) is 4.39 Å². The quantitative estimate of drug-likeness (QED) is 0.702. The van der Waals surface area contributed by atoms with Crippen molar-refractivity contribution in [3.05, 3.63) is 53.3 Å². The van der Waals surface area contributed by atoms with E-state index in [1.807, 2.05) is 20.8 Å². The number of benzene rings is 2. The highest BCUT2D eigenvalue weighted by Crippen LogP contribution is 2.39. The van der Waals surface area contributed by atoms with Crippen LogP contribution in [0.15, 0.2) is 36.4 Å². The minimum Gasteiger partial charge on any atom is -0.490 e. The van der Waals surface area contributed by atoms with Crippen LogP contribution in [-0.2, 0) is 0 Å². The van der Waals surface area contributed by atoms with Crippen LogP contribution in [0.1, 0.15) is 36.7 Å². The van der Waals surface area contributed by atoms with Crippen LogP contribution in [0.5, 0.6) is 17.2 Å². The monoisotopic (exact) mass is 385 g/mol. The molecule has 0 heterocycles. The molecule has 0 saturated heterocycles. The lowest BCUT2D eigenvalue weighted by Gasteiger charge is -2.16. The number of nitrogens with one attached hydrogen (secondary N) is 1. The Morgan fingerprint density at radius 2 is 1.61 bits per heavy atom. The zero-order valence-electron chi connectivity index (χ0n) is 16.3. The van der Waals surface area contributed by atoms with Gasteiger partial charge in [-0.05, 0) is 45.0 Å². The predicted octanol–water partition coefficient (Wildman–Crippen LogP) is 3.80. The molecule has 0 fully saturated rings. The van der Waals surface area contributed by atoms with Crippen molar-refractivity contribution < 1.29 is 23.4 Å². The maximum absolute atomic E-state index is 13.5. The summed E-state index contributed by atoms with van der Waals surface area (Å²) >= 11 is 0. The second-order valence-electron chi connectivity index (χ2n) is 5.56. The van der Waals surface area contributed by atoms with Gasteiger partial charge in [-0.2, -0.15) is 0 Å². The van der Waals surface area contributed by atoms with Crippen LogP contribution in [0.25, 0.3) is 0 Å². The van der Waals surface area contributed by atoms with Gasteiger partial charge in [-0.25, -0.2) is 4.39 Å². The molecule has 0 atom stereocenters. The first-order chi connectivity index (χ1) is 13.6. The van der Waals surface area contributed by atoms with Gasteiger partial charge >= 0.3 is 0 Å². The van der Waals surface area contributed by atoms with Crippen molar-refractivity contribution >= 4 is 5.91 Å². The van der Waals surface area contributed by atoms with Gasteiger partial charge in [0.15, 0.2) is 11.5 Å². The summed E-state index contributed by atoms with van der Waals surface area (Å²) in [5.74, 6) is 6.07. The van der Waals surface area contributed by atoms with Gasteiger partial charge in [0.25, 0.3) is 5.91 Å². The highest BCUT2D eigenvalue weighted by molar-refractivity contribution is 5.95. The second-order valence-corrected chi connectivity index (χ2v) is 5.56. The third-order valence-electron chi connectivity index (χ3n) is 3.61. The Labute approximate surface area is 164 Å². The average Bonchev–Trinajstić information content (AvgIpc) is 2.69. The number of hydrogen-bond acceptors (Lipinski definition) is 4. The summed E-state index contributed by atoms with van der Waals surface area (Å²) in [5.41, 5.74) is 0.651. The van der Waals surface area contributed by atoms with Crippen molar-refractivity contribution in [2.75, 3.05) is 26.4 Å². The smallest absolute Gasteiger partial charge is 0.252 e. The molecule has 28 heavy (non-hydrogen) atoms. The van der Waals surface area contributed by atoms with E-state index >= 15 is 0 Å². The fraction of sp³-hybridized carbons (Fsp3) is 0.318. The molecule has 0 aliphatic heterocycles. The number of ether oxygens (including phenoxy) is 3. The zero-order valence-corrected chi connectivity index (χ0v) is 16.3. The Balaban J connectivity index is 2.17. The van der Waals surface area contributed by atoms with Gasteiger partial charge in [0.2, 0.25) is 5.75 Å². The molecule has 5 nitrogen and oxygen atoms in total. The van der Waals surface area contributed by atoms with Crippen molar-refractivity contribution in [1.29, 1.82) is 0 Å². The van der Waals surface area contributed by atoms with Crippen molar-refractivity contribution in [3.8, 4) is 29.1 Å². The van der Waals surface area contributed by atoms with E-state index in [1.165, 1.54) is 6.07 Å². The minimum absolute atomic E-state index is 0.0777. The van der Waals surface area contributed by atoms with Gasteiger partial charge in [-0.3, -0.25) is 4.79 Å². The predicted molar refractivity (Wildman–Crippen MR) is 106 cm³/mol. The van der Waals surface area contributed by atoms with E-state index in [1.54, 1.807) is 30.3 Å². The molecule has 0 aliphatic rings. The molecule has 148 valence electrons. The number of hydrogen-bond donors (Lipinski definition) is 1. The first-order valence-electron chi connectivity index (χ1n) is 9.18. The summed E-state index contributed by atoms with van der Waals surface area (Å²) in [6, 6.07) is 9.44. The standard InChI is InChI=1S/C22H24FNO4/c1-4-26-19-14-17(15-20(27-5-2)21(19)28-6-3)22(25)24-13-9-11-16-10-7-8-12-18(16)23/h7-8,10,12,14-15H,4-6,13H2,1-3H3,(H,24,25). The molecule has 6 heteroatoms. The first-order valence-corrected chi connectivity index (χ1v) is 9.18. The SMILES string of the molecule is CCOc1cc(C(=O)NCC#Cc2ccccc2F)cc(OCC)c1OCC. The molecule has 0 spiro atoms. The Morgan fingerprint density at radius 1 is 1.00 bits per heavy atom. The minimum atomic E-state index is -0.393. The van der Waals surface area contributed by atoms with Crippen molar-refractivity contribution in [2.45, 2.75) is 20.8 Å². The molecule has 0 saturated carbocycles. The highest BCUT2D eigenvalue weighted by Gasteiger charge is 2.18. The number of halogens is 1. The maximum Gasteiger partial charge on any atom is 0.252 e. The fourth-order valence-corrected chi connectivity index (χ4v) is 2.45. The topological polar surface area (TPSA) is 56.8 Å². The summed E-state index contributed by atoms with van der Waals surface area (Å²) in [6.07, 6.45) is 0. The Bertz CT molecular complexity index is 843. The van der Waals surface area contributed by atoms with E-state index < -0.39 is 5.82 Å². The van der Waals surface area contributed by atoms with E-state index in [-0.39, 0.29) is 18.0 Å². The molecular weight excluding hydrogens is 361 g/mol. The number of carbonyl (C=O) groups is 1. The van der Waals surface area contributed by atoms with Crippen molar-refractivity contribution in [2.24, 2.45) is 0 Å². The third-order valence-corrected chi connectivity index (χ3v) is 3.61. The lowest BCUT2D eigenvalue weighted by atomic mass is 10.1. The van der Waals surface area contributed by atoms with E-state index in [4.69, 9.17) is 14.2 Å². The zero-order chi connectivity index (χ0) is 20.4. The van der Waals surface area contributed by atoms with Gasteiger partial charge < -0.3 is 19.5 Å². The molecule has 0 radical (unpaired) electrons. The highest BCUT2D eigenvalue weighted by atomic mass is 19.1. The van der Waals surface area contributed by atoms with E-state index in [0.717, 1.165) is 0 Å². The molecule has 0 unspecified atom stereocenters. The molecule has 1 amide bonds. The van der Waals surface area contributed by atoms with Gasteiger partial charge in [-0.15, -0.1) is 0 Å². The number of rotatable bonds is 8. The molecular formula is C22H24FNO4. The lowest BCUT2D eigenvalue weighted by Crippen LogP contribution is -2.23. The van der Waals surface area contributed by atoms with E-state index in [2.05, 4.69) is 17.2 Å².